The highest BCUT2D eigenvalue weighted by Crippen LogP contribution is 2.42. The lowest BCUT2D eigenvalue weighted by Gasteiger charge is -2.27. The normalized spacial score (nSPS) is 11.4. The Hall–Kier alpha value is -8.66. The lowest BCUT2D eigenvalue weighted by Crippen LogP contribution is -2.10. The number of nitrogens with zero attached hydrogens (tertiary/aromatic N) is 3. The zero-order valence-electron chi connectivity index (χ0n) is 35.7. The van der Waals surface area contributed by atoms with E-state index in [9.17, 15) is 0 Å². The molecule has 0 unspecified atom stereocenters. The maximum absolute atomic E-state index is 2.42. The highest BCUT2D eigenvalue weighted by molar-refractivity contribution is 6.12. The molecule has 306 valence electrons. The van der Waals surface area contributed by atoms with Crippen molar-refractivity contribution in [2.24, 2.45) is 0 Å². The van der Waals surface area contributed by atoms with Crippen LogP contribution in [0, 0.1) is 0 Å². The van der Waals surface area contributed by atoms with Gasteiger partial charge in [-0.15, -0.1) is 0 Å². The maximum atomic E-state index is 2.42. The number of rotatable bonds is 9. The quantitative estimate of drug-likeness (QED) is 0.144. The summed E-state index contributed by atoms with van der Waals surface area (Å²) in [4.78, 5) is 4.71. The van der Waals surface area contributed by atoms with Crippen LogP contribution in [0.15, 0.2) is 261 Å². The van der Waals surface area contributed by atoms with Gasteiger partial charge in [0.25, 0.3) is 0 Å². The van der Waals surface area contributed by atoms with Crippen molar-refractivity contribution < 1.29 is 0 Å². The fraction of sp³-hybridized carbons (Fsp3) is 0. The van der Waals surface area contributed by atoms with E-state index in [1.807, 2.05) is 0 Å². The van der Waals surface area contributed by atoms with E-state index >= 15 is 0 Å². The van der Waals surface area contributed by atoms with Crippen molar-refractivity contribution in [2.45, 2.75) is 0 Å². The number of hydrogen-bond donors (Lipinski definition) is 0. The Balaban J connectivity index is 0.855. The average Bonchev–Trinajstić information content (AvgIpc) is 3.71. The second-order valence-electron chi connectivity index (χ2n) is 16.6. The van der Waals surface area contributed by atoms with E-state index in [1.54, 1.807) is 0 Å². The van der Waals surface area contributed by atoms with Crippen LogP contribution in [0.3, 0.4) is 0 Å². The summed E-state index contributed by atoms with van der Waals surface area (Å²) in [6, 6.07) is 94.2. The molecule has 3 nitrogen and oxygen atoms in total. The molecular weight excluding hydrogens is 787 g/mol. The lowest BCUT2D eigenvalue weighted by molar-refractivity contribution is 1.20. The van der Waals surface area contributed by atoms with Crippen LogP contribution in [-0.2, 0) is 0 Å². The summed E-state index contributed by atoms with van der Waals surface area (Å²) in [5.74, 6) is 0. The first-order valence-corrected chi connectivity index (χ1v) is 22.3. The highest BCUT2D eigenvalue weighted by atomic mass is 15.1. The standard InChI is InChI=1S/C62H43N3/c1-3-19-50(20-4-1)63(54-41-42-62-58(43-54)57-25-11-12-26-61(57)65(62)60-28-14-18-49-16-8-10-24-56(49)60)52-37-33-46(34-38-52)44-29-31-45(32-30-44)47-35-39-53(40-36-47)64(51-21-5-2-6-22-51)59-27-13-17-48-15-7-9-23-55(48)59/h1-43H. The highest BCUT2D eigenvalue weighted by Gasteiger charge is 2.19. The molecule has 0 spiro atoms. The third kappa shape index (κ3) is 6.87. The van der Waals surface area contributed by atoms with E-state index in [0.717, 1.165) is 34.1 Å². The van der Waals surface area contributed by atoms with Gasteiger partial charge in [-0.3, -0.25) is 0 Å². The van der Waals surface area contributed by atoms with Gasteiger partial charge < -0.3 is 14.4 Å². The van der Waals surface area contributed by atoms with Gasteiger partial charge in [0.05, 0.1) is 22.4 Å². The molecule has 1 aromatic heterocycles. The number of benzene rings is 11. The van der Waals surface area contributed by atoms with Crippen molar-refractivity contribution in [3.8, 4) is 27.9 Å². The Labute approximate surface area is 378 Å². The van der Waals surface area contributed by atoms with E-state index in [0.29, 0.717) is 0 Å². The van der Waals surface area contributed by atoms with Crippen LogP contribution in [-0.4, -0.2) is 4.57 Å². The Morgan fingerprint density at radius 2 is 0.662 bits per heavy atom. The minimum atomic E-state index is 1.10. The number of aromatic nitrogens is 1. The molecule has 11 aromatic carbocycles. The SMILES string of the molecule is c1ccc(N(c2ccc(-c3ccc(-c4ccc(N(c5ccccc5)c5cccc6ccccc56)cc4)cc3)cc2)c2ccc3c(c2)c2ccccc2n3-c2cccc3ccccc23)cc1. The minimum absolute atomic E-state index is 1.10. The van der Waals surface area contributed by atoms with Crippen molar-refractivity contribution in [3.63, 3.8) is 0 Å². The molecule has 0 N–H and O–H groups in total. The Morgan fingerprint density at radius 3 is 1.29 bits per heavy atom. The number of fused-ring (bicyclic) bond motifs is 5. The summed E-state index contributed by atoms with van der Waals surface area (Å²) < 4.78 is 2.42. The van der Waals surface area contributed by atoms with Crippen molar-refractivity contribution in [1.82, 2.24) is 4.57 Å². The van der Waals surface area contributed by atoms with Gasteiger partial charge in [0.2, 0.25) is 0 Å². The Morgan fingerprint density at radius 1 is 0.246 bits per heavy atom. The number of para-hydroxylation sites is 3. The second kappa shape index (κ2) is 16.2. The fourth-order valence-corrected chi connectivity index (χ4v) is 9.66. The predicted molar refractivity (Wildman–Crippen MR) is 276 cm³/mol. The van der Waals surface area contributed by atoms with Gasteiger partial charge in [0.15, 0.2) is 0 Å². The van der Waals surface area contributed by atoms with Crippen LogP contribution < -0.4 is 9.80 Å². The molecule has 12 rings (SSSR count). The first kappa shape index (κ1) is 38.0. The summed E-state index contributed by atoms with van der Waals surface area (Å²) in [7, 11) is 0. The van der Waals surface area contributed by atoms with E-state index in [-0.39, 0.29) is 0 Å². The summed E-state index contributed by atoms with van der Waals surface area (Å²) in [5, 5.41) is 7.36. The van der Waals surface area contributed by atoms with Gasteiger partial charge in [-0.05, 0) is 118 Å². The van der Waals surface area contributed by atoms with E-state index in [2.05, 4.69) is 275 Å². The van der Waals surface area contributed by atoms with E-state index in [4.69, 9.17) is 0 Å². The predicted octanol–water partition coefficient (Wildman–Crippen LogP) is 17.4. The molecule has 0 bridgehead atoms. The average molecular weight is 830 g/mol. The molecular formula is C62H43N3. The number of hydrogen-bond acceptors (Lipinski definition) is 2. The second-order valence-corrected chi connectivity index (χ2v) is 16.6. The summed E-state index contributed by atoms with van der Waals surface area (Å²) in [5.41, 5.74) is 15.0. The first-order chi connectivity index (χ1) is 32.2. The molecule has 0 saturated carbocycles. The van der Waals surface area contributed by atoms with Crippen LogP contribution in [0.1, 0.15) is 0 Å². The molecule has 0 saturated heterocycles. The van der Waals surface area contributed by atoms with Gasteiger partial charge in [-0.1, -0.05) is 176 Å². The van der Waals surface area contributed by atoms with Gasteiger partial charge >= 0.3 is 0 Å². The van der Waals surface area contributed by atoms with Crippen LogP contribution in [0.5, 0.6) is 0 Å². The third-order valence-corrected chi connectivity index (χ3v) is 12.8. The van der Waals surface area contributed by atoms with Crippen molar-refractivity contribution in [2.75, 3.05) is 9.80 Å². The van der Waals surface area contributed by atoms with Crippen molar-refractivity contribution >= 4 is 77.5 Å². The van der Waals surface area contributed by atoms with Crippen molar-refractivity contribution in [1.29, 1.82) is 0 Å². The molecule has 0 aliphatic rings. The molecule has 0 fully saturated rings. The topological polar surface area (TPSA) is 11.4 Å². The smallest absolute Gasteiger partial charge is 0.0542 e. The van der Waals surface area contributed by atoms with E-state index < -0.39 is 0 Å². The van der Waals surface area contributed by atoms with Crippen LogP contribution >= 0.6 is 0 Å². The summed E-state index contributed by atoms with van der Waals surface area (Å²) in [6.45, 7) is 0. The molecule has 12 aromatic rings. The largest absolute Gasteiger partial charge is 0.310 e. The van der Waals surface area contributed by atoms with Gasteiger partial charge in [0.1, 0.15) is 0 Å². The Bertz CT molecular complexity index is 3620. The van der Waals surface area contributed by atoms with Gasteiger partial charge in [-0.2, -0.15) is 0 Å². The molecule has 0 radical (unpaired) electrons. The maximum Gasteiger partial charge on any atom is 0.0542 e. The molecule has 1 heterocycles. The van der Waals surface area contributed by atoms with Crippen molar-refractivity contribution in [3.05, 3.63) is 261 Å². The van der Waals surface area contributed by atoms with Crippen LogP contribution in [0.25, 0.3) is 71.3 Å². The number of anilines is 6. The molecule has 3 heteroatoms. The molecule has 0 aliphatic heterocycles. The first-order valence-electron chi connectivity index (χ1n) is 22.3. The molecule has 0 aliphatic carbocycles. The third-order valence-electron chi connectivity index (χ3n) is 12.8. The summed E-state index contributed by atoms with van der Waals surface area (Å²) >= 11 is 0. The zero-order chi connectivity index (χ0) is 43.1. The zero-order valence-corrected chi connectivity index (χ0v) is 35.7. The fourth-order valence-electron chi connectivity index (χ4n) is 9.66. The monoisotopic (exact) mass is 829 g/mol. The Kier molecular flexibility index (Phi) is 9.50. The van der Waals surface area contributed by atoms with E-state index in [1.165, 1.54) is 71.3 Å². The molecule has 65 heavy (non-hydrogen) atoms. The lowest BCUT2D eigenvalue weighted by atomic mass is 9.99. The van der Waals surface area contributed by atoms with Gasteiger partial charge in [-0.25, -0.2) is 0 Å². The molecule has 0 amide bonds. The van der Waals surface area contributed by atoms with Crippen LogP contribution in [0.4, 0.5) is 34.1 Å². The van der Waals surface area contributed by atoms with Crippen LogP contribution in [0.2, 0.25) is 0 Å². The summed E-state index contributed by atoms with van der Waals surface area (Å²) in [6.07, 6.45) is 0. The minimum Gasteiger partial charge on any atom is -0.310 e. The van der Waals surface area contributed by atoms with Gasteiger partial charge in [0, 0.05) is 50.0 Å². The molecule has 0 atom stereocenters.